The molecule has 0 fully saturated rings. The Morgan fingerprint density at radius 1 is 0.969 bits per heavy atom. The van der Waals surface area contributed by atoms with Crippen LogP contribution >= 0.6 is 0 Å². The van der Waals surface area contributed by atoms with E-state index in [1.54, 1.807) is 6.07 Å². The lowest BCUT2D eigenvalue weighted by molar-refractivity contribution is -0.139. The molecule has 0 saturated carbocycles. The lowest BCUT2D eigenvalue weighted by atomic mass is 10.0. The molecule has 0 spiro atoms. The van der Waals surface area contributed by atoms with Crippen LogP contribution in [0.15, 0.2) is 78.1 Å². The number of carboxylic acids is 1. The number of oxime groups is 1. The Morgan fingerprint density at radius 2 is 1.69 bits per heavy atom. The van der Waals surface area contributed by atoms with E-state index in [1.165, 1.54) is 24.4 Å². The zero-order chi connectivity index (χ0) is 23.0. The van der Waals surface area contributed by atoms with Gasteiger partial charge in [-0.2, -0.15) is 13.2 Å². The summed E-state index contributed by atoms with van der Waals surface area (Å²) in [7, 11) is 0. The minimum absolute atomic E-state index is 0.0103. The molecule has 0 atom stereocenters. The summed E-state index contributed by atoms with van der Waals surface area (Å²) in [5.41, 5.74) is 1.95. The molecule has 0 saturated heterocycles. The van der Waals surface area contributed by atoms with Gasteiger partial charge < -0.3 is 14.7 Å². The van der Waals surface area contributed by atoms with Crippen molar-refractivity contribution in [3.05, 3.63) is 95.2 Å². The maximum Gasteiger partial charge on any atom is 0.416 e. The predicted molar refractivity (Wildman–Crippen MR) is 110 cm³/mol. The van der Waals surface area contributed by atoms with Gasteiger partial charge in [-0.05, 0) is 29.3 Å². The number of alkyl halides is 3. The van der Waals surface area contributed by atoms with Gasteiger partial charge in [0.05, 0.1) is 11.3 Å². The van der Waals surface area contributed by atoms with Crippen LogP contribution in [0.3, 0.4) is 0 Å². The monoisotopic (exact) mass is 444 g/mol. The fourth-order valence-electron chi connectivity index (χ4n) is 2.72. The topological polar surface area (TPSA) is 81.0 Å². The molecule has 0 aliphatic heterocycles. The van der Waals surface area contributed by atoms with Gasteiger partial charge in [0.15, 0.2) is 6.61 Å². The van der Waals surface area contributed by atoms with E-state index < -0.39 is 24.3 Å². The lowest BCUT2D eigenvalue weighted by Gasteiger charge is -2.09. The Bertz CT molecular complexity index is 1050. The number of nitrogens with zero attached hydrogens (tertiary/aromatic N) is 2. The van der Waals surface area contributed by atoms with Crippen molar-refractivity contribution in [2.45, 2.75) is 19.2 Å². The first-order valence-electron chi connectivity index (χ1n) is 9.51. The highest BCUT2D eigenvalue weighted by Gasteiger charge is 2.29. The Morgan fingerprint density at radius 3 is 2.28 bits per heavy atom. The molecule has 3 aromatic rings. The summed E-state index contributed by atoms with van der Waals surface area (Å²) in [6, 6.07) is 17.4. The van der Waals surface area contributed by atoms with Crippen molar-refractivity contribution in [2.75, 3.05) is 6.61 Å². The quantitative estimate of drug-likeness (QED) is 0.381. The number of aromatic nitrogens is 1. The Labute approximate surface area is 181 Å². The number of halogens is 3. The summed E-state index contributed by atoms with van der Waals surface area (Å²) < 4.78 is 43.1. The van der Waals surface area contributed by atoms with Crippen LogP contribution in [0.25, 0.3) is 0 Å². The maximum atomic E-state index is 12.7. The van der Waals surface area contributed by atoms with Crippen LogP contribution in [0.1, 0.15) is 22.3 Å². The molecule has 1 aromatic heterocycles. The molecule has 0 aliphatic rings. The van der Waals surface area contributed by atoms with E-state index in [0.29, 0.717) is 23.3 Å². The number of rotatable bonds is 9. The predicted octanol–water partition coefficient (Wildman–Crippen LogP) is 4.73. The van der Waals surface area contributed by atoms with Crippen molar-refractivity contribution in [1.82, 2.24) is 4.98 Å². The third-order valence-corrected chi connectivity index (χ3v) is 4.31. The van der Waals surface area contributed by atoms with Crippen LogP contribution in [0, 0.1) is 0 Å². The second-order valence-electron chi connectivity index (χ2n) is 6.74. The first-order valence-corrected chi connectivity index (χ1v) is 9.51. The summed E-state index contributed by atoms with van der Waals surface area (Å²) >= 11 is 0. The number of ether oxygens (including phenoxy) is 1. The van der Waals surface area contributed by atoms with E-state index in [9.17, 15) is 18.0 Å². The van der Waals surface area contributed by atoms with Crippen LogP contribution < -0.4 is 4.74 Å². The Balaban J connectivity index is 1.73. The molecule has 9 heteroatoms. The zero-order valence-electron chi connectivity index (χ0n) is 16.7. The second-order valence-corrected chi connectivity index (χ2v) is 6.74. The number of benzene rings is 2. The van der Waals surface area contributed by atoms with Crippen LogP contribution in [0.5, 0.6) is 5.88 Å². The van der Waals surface area contributed by atoms with E-state index in [1.807, 2.05) is 30.3 Å². The molecule has 1 N–H and O–H groups in total. The second kappa shape index (κ2) is 10.4. The lowest BCUT2D eigenvalue weighted by Crippen LogP contribution is -2.11. The minimum atomic E-state index is -4.40. The van der Waals surface area contributed by atoms with Gasteiger partial charge in [-0.15, -0.1) is 0 Å². The minimum Gasteiger partial charge on any atom is -0.479 e. The van der Waals surface area contributed by atoms with Crippen molar-refractivity contribution in [1.29, 1.82) is 0 Å². The number of pyridine rings is 1. The number of aliphatic carboxylic acids is 1. The van der Waals surface area contributed by atoms with Crippen LogP contribution in [0.2, 0.25) is 0 Å². The fourth-order valence-corrected chi connectivity index (χ4v) is 2.72. The number of carbonyl (C=O) groups is 1. The largest absolute Gasteiger partial charge is 0.479 e. The van der Waals surface area contributed by atoms with Crippen LogP contribution in [0.4, 0.5) is 13.2 Å². The van der Waals surface area contributed by atoms with E-state index in [4.69, 9.17) is 14.7 Å². The van der Waals surface area contributed by atoms with Gasteiger partial charge in [-0.3, -0.25) is 0 Å². The first-order chi connectivity index (χ1) is 15.3. The molecule has 6 nitrogen and oxygen atoms in total. The van der Waals surface area contributed by atoms with Gasteiger partial charge in [0, 0.05) is 24.2 Å². The third-order valence-electron chi connectivity index (χ3n) is 4.31. The van der Waals surface area contributed by atoms with E-state index >= 15 is 0 Å². The van der Waals surface area contributed by atoms with Gasteiger partial charge >= 0.3 is 12.1 Å². The molecule has 0 bridgehead atoms. The van der Waals surface area contributed by atoms with Gasteiger partial charge in [0.1, 0.15) is 6.61 Å². The maximum absolute atomic E-state index is 12.7. The summed E-state index contributed by atoms with van der Waals surface area (Å²) in [6.07, 6.45) is -2.49. The SMILES string of the molecule is O=C(O)COc1ccc(/C(Cc2ccccc2)=N/OCc2ccc(C(F)(F)F)cc2)cn1. The molecule has 32 heavy (non-hydrogen) atoms. The third kappa shape index (κ3) is 6.83. The molecular formula is C23H19F3N2O4. The van der Waals surface area contributed by atoms with Gasteiger partial charge in [0.25, 0.3) is 0 Å². The standard InChI is InChI=1S/C23H19F3N2O4/c24-23(25,26)19-9-6-17(7-10-19)14-32-28-20(12-16-4-2-1-3-5-16)18-8-11-21(27-13-18)31-15-22(29)30/h1-11,13H,12,14-15H2,(H,29,30)/b28-20+. The van der Waals surface area contributed by atoms with Gasteiger partial charge in [-0.25, -0.2) is 9.78 Å². The number of hydrogen-bond donors (Lipinski definition) is 1. The molecule has 0 unspecified atom stereocenters. The van der Waals surface area contributed by atoms with Crippen molar-refractivity contribution < 1.29 is 32.6 Å². The molecule has 0 radical (unpaired) electrons. The molecule has 1 heterocycles. The molecule has 0 amide bonds. The van der Waals surface area contributed by atoms with Crippen molar-refractivity contribution in [3.8, 4) is 5.88 Å². The zero-order valence-corrected chi connectivity index (χ0v) is 16.7. The highest BCUT2D eigenvalue weighted by molar-refractivity contribution is 6.01. The van der Waals surface area contributed by atoms with Gasteiger partial charge in [-0.1, -0.05) is 47.6 Å². The molecule has 2 aromatic carbocycles. The highest BCUT2D eigenvalue weighted by atomic mass is 19.4. The van der Waals surface area contributed by atoms with Crippen LogP contribution in [-0.2, 0) is 28.8 Å². The Kier molecular flexibility index (Phi) is 7.43. The average molecular weight is 444 g/mol. The summed E-state index contributed by atoms with van der Waals surface area (Å²) in [5.74, 6) is -0.959. The average Bonchev–Trinajstić information content (AvgIpc) is 2.78. The number of hydrogen-bond acceptors (Lipinski definition) is 5. The van der Waals surface area contributed by atoms with E-state index in [-0.39, 0.29) is 12.5 Å². The highest BCUT2D eigenvalue weighted by Crippen LogP contribution is 2.29. The molecule has 166 valence electrons. The first kappa shape index (κ1) is 22.8. The van der Waals surface area contributed by atoms with Crippen molar-refractivity contribution >= 4 is 11.7 Å². The van der Waals surface area contributed by atoms with E-state index in [0.717, 1.165) is 17.7 Å². The molecule has 0 aliphatic carbocycles. The molecule has 3 rings (SSSR count). The van der Waals surface area contributed by atoms with Crippen molar-refractivity contribution in [3.63, 3.8) is 0 Å². The van der Waals surface area contributed by atoms with Gasteiger partial charge in [0.2, 0.25) is 5.88 Å². The summed E-state index contributed by atoms with van der Waals surface area (Å²) in [6.45, 7) is -0.517. The normalized spacial score (nSPS) is 11.8. The smallest absolute Gasteiger partial charge is 0.416 e. The number of carboxylic acid groups (broad SMARTS) is 1. The molecular weight excluding hydrogens is 425 g/mol. The summed E-state index contributed by atoms with van der Waals surface area (Å²) in [4.78, 5) is 20.1. The fraction of sp³-hybridized carbons (Fsp3) is 0.174. The van der Waals surface area contributed by atoms with E-state index in [2.05, 4.69) is 10.1 Å². The van der Waals surface area contributed by atoms with Crippen LogP contribution in [-0.4, -0.2) is 28.4 Å². The Hall–Kier alpha value is -3.88. The van der Waals surface area contributed by atoms with Crippen molar-refractivity contribution in [2.24, 2.45) is 5.16 Å². The summed E-state index contributed by atoms with van der Waals surface area (Å²) in [5, 5.41) is 12.9.